The van der Waals surface area contributed by atoms with Crippen LogP contribution in [0.15, 0.2) is 42.5 Å². The van der Waals surface area contributed by atoms with Crippen LogP contribution in [-0.4, -0.2) is 39.3 Å². The Hall–Kier alpha value is -2.38. The van der Waals surface area contributed by atoms with Gasteiger partial charge in [0, 0.05) is 26.1 Å². The van der Waals surface area contributed by atoms with Gasteiger partial charge in [-0.25, -0.2) is 0 Å². The molecule has 4 nitrogen and oxygen atoms in total. The maximum Gasteiger partial charge on any atom is 0.421 e. The number of hydrogen-bond acceptors (Lipinski definition) is 3. The highest BCUT2D eigenvalue weighted by Crippen LogP contribution is 2.53. The largest absolute Gasteiger partial charge is 0.421 e. The van der Waals surface area contributed by atoms with Gasteiger partial charge in [-0.3, -0.25) is 4.79 Å². The van der Waals surface area contributed by atoms with E-state index in [9.17, 15) is 18.0 Å². The number of ether oxygens (including phenoxy) is 1. The zero-order valence-corrected chi connectivity index (χ0v) is 21.1. The Kier molecular flexibility index (Phi) is 8.65. The molecule has 0 bridgehead atoms. The average molecular weight is 491 g/mol. The summed E-state index contributed by atoms with van der Waals surface area (Å²) in [5.41, 5.74) is 1.12. The van der Waals surface area contributed by atoms with Crippen LogP contribution >= 0.6 is 0 Å². The van der Waals surface area contributed by atoms with Crippen LogP contribution in [0.3, 0.4) is 0 Å². The Morgan fingerprint density at radius 3 is 2.40 bits per heavy atom. The SMILES string of the molecule is COC(CCC1(CCNC=O)CCNCC1c1ccccc1C)(c1cc(C)cc(C)c1)C(F)(F)F. The molecule has 1 amide bonds. The molecule has 2 aromatic rings. The first-order valence-corrected chi connectivity index (χ1v) is 12.2. The zero-order chi connectivity index (χ0) is 25.7. The van der Waals surface area contributed by atoms with Gasteiger partial charge in [-0.1, -0.05) is 53.6 Å². The first-order valence-electron chi connectivity index (χ1n) is 12.2. The molecule has 192 valence electrons. The maximum atomic E-state index is 14.8. The number of rotatable bonds is 10. The molecule has 0 saturated carbocycles. The molecule has 2 N–H and O–H groups in total. The van der Waals surface area contributed by atoms with Crippen molar-refractivity contribution in [3.63, 3.8) is 0 Å². The lowest BCUT2D eigenvalue weighted by molar-refractivity contribution is -0.281. The molecule has 1 heterocycles. The standard InChI is InChI=1S/C28H37F3N2O2/c1-20-15-21(2)17-23(16-20)27(35-4,28(29,30)31)10-9-26(12-14-33-19-34)11-13-32-18-25(26)24-8-6-5-7-22(24)3/h5-8,15-17,19,25,32H,9-14,18H2,1-4H3,(H,33,34). The first kappa shape index (κ1) is 27.2. The molecule has 2 aromatic carbocycles. The van der Waals surface area contributed by atoms with Crippen molar-refractivity contribution in [3.8, 4) is 0 Å². The van der Waals surface area contributed by atoms with Crippen LogP contribution in [0.2, 0.25) is 0 Å². The van der Waals surface area contributed by atoms with E-state index in [4.69, 9.17) is 4.74 Å². The number of halogens is 3. The van der Waals surface area contributed by atoms with E-state index >= 15 is 0 Å². The van der Waals surface area contributed by atoms with Gasteiger partial charge < -0.3 is 15.4 Å². The van der Waals surface area contributed by atoms with E-state index in [0.29, 0.717) is 32.3 Å². The molecule has 3 atom stereocenters. The summed E-state index contributed by atoms with van der Waals surface area (Å²) < 4.78 is 49.8. The fraction of sp³-hybridized carbons (Fsp3) is 0.536. The number of carbonyl (C=O) groups excluding carboxylic acids is 1. The number of piperidine rings is 1. The van der Waals surface area contributed by atoms with Gasteiger partial charge in [0.15, 0.2) is 5.60 Å². The molecule has 1 aliphatic heterocycles. The number of aryl methyl sites for hydroxylation is 3. The Morgan fingerprint density at radius 2 is 1.80 bits per heavy atom. The first-order chi connectivity index (χ1) is 16.6. The van der Waals surface area contributed by atoms with Crippen molar-refractivity contribution < 1.29 is 22.7 Å². The van der Waals surface area contributed by atoms with Crippen molar-refractivity contribution in [3.05, 3.63) is 70.3 Å². The molecule has 0 aromatic heterocycles. The molecule has 7 heteroatoms. The van der Waals surface area contributed by atoms with E-state index in [1.54, 1.807) is 26.0 Å². The molecule has 35 heavy (non-hydrogen) atoms. The monoisotopic (exact) mass is 490 g/mol. The number of hydrogen-bond donors (Lipinski definition) is 2. The number of amides is 1. The lowest BCUT2D eigenvalue weighted by atomic mass is 9.61. The maximum absolute atomic E-state index is 14.8. The molecule has 0 spiro atoms. The zero-order valence-electron chi connectivity index (χ0n) is 21.1. The van der Waals surface area contributed by atoms with E-state index < -0.39 is 17.2 Å². The molecule has 3 unspecified atom stereocenters. The van der Waals surface area contributed by atoms with Gasteiger partial charge in [-0.2, -0.15) is 13.2 Å². The van der Waals surface area contributed by atoms with Crippen LogP contribution in [0.5, 0.6) is 0 Å². The van der Waals surface area contributed by atoms with Gasteiger partial charge in [-0.05, 0) is 75.1 Å². The van der Waals surface area contributed by atoms with Gasteiger partial charge in [0.25, 0.3) is 0 Å². The summed E-state index contributed by atoms with van der Waals surface area (Å²) in [6.45, 7) is 7.48. The van der Waals surface area contributed by atoms with Crippen molar-refractivity contribution in [1.29, 1.82) is 0 Å². The molecular formula is C28H37F3N2O2. The van der Waals surface area contributed by atoms with Crippen molar-refractivity contribution in [2.24, 2.45) is 5.41 Å². The summed E-state index contributed by atoms with van der Waals surface area (Å²) in [5, 5.41) is 6.19. The second-order valence-corrected chi connectivity index (χ2v) is 9.95. The van der Waals surface area contributed by atoms with Gasteiger partial charge in [-0.15, -0.1) is 0 Å². The van der Waals surface area contributed by atoms with Crippen molar-refractivity contribution >= 4 is 6.41 Å². The fourth-order valence-electron chi connectivity index (χ4n) is 5.91. The summed E-state index contributed by atoms with van der Waals surface area (Å²) in [6.07, 6.45) is -2.50. The Balaban J connectivity index is 2.07. The van der Waals surface area contributed by atoms with Crippen LogP contribution in [0.4, 0.5) is 13.2 Å². The Morgan fingerprint density at radius 1 is 1.11 bits per heavy atom. The van der Waals surface area contributed by atoms with Gasteiger partial charge in [0.05, 0.1) is 0 Å². The second-order valence-electron chi connectivity index (χ2n) is 9.95. The van der Waals surface area contributed by atoms with E-state index in [-0.39, 0.29) is 17.9 Å². The number of nitrogens with one attached hydrogen (secondary N) is 2. The minimum atomic E-state index is -4.59. The van der Waals surface area contributed by atoms with Crippen LogP contribution < -0.4 is 10.6 Å². The van der Waals surface area contributed by atoms with Gasteiger partial charge >= 0.3 is 6.18 Å². The van der Waals surface area contributed by atoms with E-state index in [1.165, 1.54) is 0 Å². The second kappa shape index (κ2) is 11.1. The highest BCUT2D eigenvalue weighted by molar-refractivity contribution is 5.45. The molecule has 0 aliphatic carbocycles. The predicted molar refractivity (Wildman–Crippen MR) is 132 cm³/mol. The quantitative estimate of drug-likeness (QED) is 0.332. The molecule has 0 radical (unpaired) electrons. The topological polar surface area (TPSA) is 50.4 Å². The number of carbonyl (C=O) groups is 1. The smallest absolute Gasteiger partial charge is 0.364 e. The van der Waals surface area contributed by atoms with Crippen LogP contribution in [0, 0.1) is 26.2 Å². The summed E-state index contributed by atoms with van der Waals surface area (Å²) in [6, 6.07) is 13.1. The normalized spacial score (nSPS) is 22.4. The number of alkyl halides is 3. The molecule has 1 fully saturated rings. The summed E-state index contributed by atoms with van der Waals surface area (Å²) in [5.74, 6) is 0.0212. The molecule has 1 aliphatic rings. The Labute approximate surface area is 206 Å². The van der Waals surface area contributed by atoms with E-state index in [1.807, 2.05) is 31.2 Å². The molecular weight excluding hydrogens is 453 g/mol. The lowest BCUT2D eigenvalue weighted by Crippen LogP contribution is -2.49. The van der Waals surface area contributed by atoms with Crippen LogP contribution in [-0.2, 0) is 15.1 Å². The molecule has 3 rings (SSSR count). The highest BCUT2D eigenvalue weighted by atomic mass is 19.4. The predicted octanol–water partition coefficient (Wildman–Crippen LogP) is 5.70. The summed E-state index contributed by atoms with van der Waals surface area (Å²) in [4.78, 5) is 11.0. The fourth-order valence-corrected chi connectivity index (χ4v) is 5.91. The van der Waals surface area contributed by atoms with E-state index in [0.717, 1.165) is 42.3 Å². The minimum Gasteiger partial charge on any atom is -0.364 e. The van der Waals surface area contributed by atoms with Crippen molar-refractivity contribution in [1.82, 2.24) is 10.6 Å². The highest BCUT2D eigenvalue weighted by Gasteiger charge is 2.58. The third-order valence-corrected chi connectivity index (χ3v) is 7.77. The number of benzene rings is 2. The molecule has 1 saturated heterocycles. The number of methoxy groups -OCH3 is 1. The third-order valence-electron chi connectivity index (χ3n) is 7.77. The summed E-state index contributed by atoms with van der Waals surface area (Å²) >= 11 is 0. The van der Waals surface area contributed by atoms with Gasteiger partial charge in [0.1, 0.15) is 0 Å². The average Bonchev–Trinajstić information content (AvgIpc) is 2.79. The third kappa shape index (κ3) is 5.72. The minimum absolute atomic E-state index is 0.0212. The van der Waals surface area contributed by atoms with Crippen molar-refractivity contribution in [2.75, 3.05) is 26.7 Å². The van der Waals surface area contributed by atoms with Gasteiger partial charge in [0.2, 0.25) is 6.41 Å². The lowest BCUT2D eigenvalue weighted by Gasteiger charge is -2.48. The van der Waals surface area contributed by atoms with Crippen LogP contribution in [0.1, 0.15) is 59.4 Å². The Bertz CT molecular complexity index is 990. The van der Waals surface area contributed by atoms with E-state index in [2.05, 4.69) is 16.7 Å². The van der Waals surface area contributed by atoms with Crippen molar-refractivity contribution in [2.45, 2.75) is 64.1 Å². The van der Waals surface area contributed by atoms with Crippen LogP contribution in [0.25, 0.3) is 0 Å². The summed E-state index contributed by atoms with van der Waals surface area (Å²) in [7, 11) is 1.16.